The molecule has 4 nitrogen and oxygen atoms in total. The molecule has 1 aromatic rings. The van der Waals surface area contributed by atoms with Crippen LogP contribution in [-0.2, 0) is 4.79 Å². The minimum atomic E-state index is -0.363. The number of Topliss-reactive ketones (excluding diaryl/α,β-unsaturated/α-hetero) is 1. The van der Waals surface area contributed by atoms with E-state index in [0.29, 0.717) is 18.2 Å². The molecule has 0 N–H and O–H groups in total. The summed E-state index contributed by atoms with van der Waals surface area (Å²) in [6, 6.07) is 6.09. The van der Waals surface area contributed by atoms with Crippen LogP contribution in [-0.4, -0.2) is 42.8 Å². The van der Waals surface area contributed by atoms with Gasteiger partial charge in [0.05, 0.1) is 11.3 Å². The monoisotopic (exact) mass is 286 g/mol. The number of piperidine rings is 1. The highest BCUT2D eigenvalue weighted by Gasteiger charge is 2.36. The first-order valence-corrected chi connectivity index (χ1v) is 7.75. The Morgan fingerprint density at radius 1 is 1.24 bits per heavy atom. The Labute approximate surface area is 125 Å². The molecule has 4 heteroatoms. The number of likely N-dealkylation sites (tertiary alicyclic amines) is 1. The average Bonchev–Trinajstić information content (AvgIpc) is 2.72. The van der Waals surface area contributed by atoms with Crippen LogP contribution in [0.25, 0.3) is 0 Å². The average molecular weight is 286 g/mol. The second-order valence-electron chi connectivity index (χ2n) is 6.18. The summed E-state index contributed by atoms with van der Waals surface area (Å²) < 4.78 is 0. The summed E-state index contributed by atoms with van der Waals surface area (Å²) in [7, 11) is 2.15. The highest BCUT2D eigenvalue weighted by molar-refractivity contribution is 6.52. The van der Waals surface area contributed by atoms with Crippen molar-refractivity contribution in [2.24, 2.45) is 0 Å². The number of hydrogen-bond acceptors (Lipinski definition) is 3. The van der Waals surface area contributed by atoms with Crippen LogP contribution in [0.2, 0.25) is 0 Å². The molecule has 1 amide bonds. The molecule has 1 unspecified atom stereocenters. The van der Waals surface area contributed by atoms with E-state index >= 15 is 0 Å². The van der Waals surface area contributed by atoms with Crippen molar-refractivity contribution in [3.05, 3.63) is 29.3 Å². The number of carbonyl (C=O) groups is 2. The molecule has 0 spiro atoms. The van der Waals surface area contributed by atoms with E-state index in [1.165, 1.54) is 19.3 Å². The summed E-state index contributed by atoms with van der Waals surface area (Å²) >= 11 is 0. The third kappa shape index (κ3) is 2.48. The third-order valence-electron chi connectivity index (χ3n) is 4.80. The first-order chi connectivity index (χ1) is 10.1. The molecule has 1 aromatic carbocycles. The maximum absolute atomic E-state index is 12.2. The molecule has 0 saturated carbocycles. The van der Waals surface area contributed by atoms with Crippen LogP contribution >= 0.6 is 0 Å². The molecule has 112 valence electrons. The number of aryl methyl sites for hydroxylation is 1. The number of rotatable bonds is 3. The molecule has 2 aliphatic heterocycles. The summed E-state index contributed by atoms with van der Waals surface area (Å²) in [5.41, 5.74) is 2.40. The zero-order valence-corrected chi connectivity index (χ0v) is 12.8. The Morgan fingerprint density at radius 2 is 2.05 bits per heavy atom. The van der Waals surface area contributed by atoms with E-state index < -0.39 is 0 Å². The van der Waals surface area contributed by atoms with Crippen molar-refractivity contribution in [3.8, 4) is 0 Å². The zero-order chi connectivity index (χ0) is 15.0. The largest absolute Gasteiger partial charge is 0.304 e. The summed E-state index contributed by atoms with van der Waals surface area (Å²) in [6.45, 7) is 3.73. The lowest BCUT2D eigenvalue weighted by molar-refractivity contribution is -0.114. The predicted octanol–water partition coefficient (Wildman–Crippen LogP) is 2.40. The van der Waals surface area contributed by atoms with E-state index in [1.54, 1.807) is 11.0 Å². The van der Waals surface area contributed by atoms with Gasteiger partial charge in [-0.1, -0.05) is 18.6 Å². The smallest absolute Gasteiger partial charge is 0.299 e. The SMILES string of the molecule is Cc1cccc2c1N(CCC1CCCCN1C)C(=O)C2=O. The standard InChI is InChI=1S/C17H22N2O2/c1-12-6-5-8-14-15(12)19(17(21)16(14)20)11-9-13-7-3-4-10-18(13)2/h5-6,8,13H,3-4,7,9-11H2,1-2H3. The van der Waals surface area contributed by atoms with Crippen molar-refractivity contribution in [2.45, 2.75) is 38.6 Å². The topological polar surface area (TPSA) is 40.6 Å². The van der Waals surface area contributed by atoms with Crippen molar-refractivity contribution >= 4 is 17.4 Å². The molecule has 0 aromatic heterocycles. The summed E-state index contributed by atoms with van der Waals surface area (Å²) in [6.07, 6.45) is 4.64. The van der Waals surface area contributed by atoms with Gasteiger partial charge in [0.1, 0.15) is 0 Å². The number of anilines is 1. The van der Waals surface area contributed by atoms with E-state index in [-0.39, 0.29) is 11.7 Å². The van der Waals surface area contributed by atoms with E-state index in [4.69, 9.17) is 0 Å². The second-order valence-corrected chi connectivity index (χ2v) is 6.18. The fourth-order valence-corrected chi connectivity index (χ4v) is 3.54. The van der Waals surface area contributed by atoms with Gasteiger partial charge in [-0.15, -0.1) is 0 Å². The number of fused-ring (bicyclic) bond motifs is 1. The molecule has 0 radical (unpaired) electrons. The predicted molar refractivity (Wildman–Crippen MR) is 82.7 cm³/mol. The fourth-order valence-electron chi connectivity index (χ4n) is 3.54. The number of carbonyl (C=O) groups excluding carboxylic acids is 2. The van der Waals surface area contributed by atoms with Crippen LogP contribution in [0.15, 0.2) is 18.2 Å². The lowest BCUT2D eigenvalue weighted by Gasteiger charge is -2.33. The minimum absolute atomic E-state index is 0.356. The van der Waals surface area contributed by atoms with Crippen molar-refractivity contribution in [2.75, 3.05) is 25.0 Å². The second kappa shape index (κ2) is 5.60. The molecule has 3 rings (SSSR count). The van der Waals surface area contributed by atoms with Gasteiger partial charge in [-0.05, 0) is 51.4 Å². The number of hydrogen-bond donors (Lipinski definition) is 0. The van der Waals surface area contributed by atoms with Crippen molar-refractivity contribution in [3.63, 3.8) is 0 Å². The highest BCUT2D eigenvalue weighted by atomic mass is 16.2. The Bertz CT molecular complexity index is 582. The summed E-state index contributed by atoms with van der Waals surface area (Å²) in [5.74, 6) is -0.719. The van der Waals surface area contributed by atoms with Gasteiger partial charge < -0.3 is 9.80 Å². The molecule has 1 saturated heterocycles. The van der Waals surface area contributed by atoms with Gasteiger partial charge in [-0.2, -0.15) is 0 Å². The number of benzene rings is 1. The third-order valence-corrected chi connectivity index (χ3v) is 4.80. The van der Waals surface area contributed by atoms with Gasteiger partial charge >= 0.3 is 0 Å². The maximum atomic E-state index is 12.2. The van der Waals surface area contributed by atoms with Crippen molar-refractivity contribution < 1.29 is 9.59 Å². The molecule has 2 heterocycles. The Kier molecular flexibility index (Phi) is 3.81. The Hall–Kier alpha value is -1.68. The zero-order valence-electron chi connectivity index (χ0n) is 12.8. The van der Waals surface area contributed by atoms with E-state index in [2.05, 4.69) is 11.9 Å². The van der Waals surface area contributed by atoms with Crippen molar-refractivity contribution in [1.29, 1.82) is 0 Å². The highest BCUT2D eigenvalue weighted by Crippen LogP contribution is 2.32. The quantitative estimate of drug-likeness (QED) is 0.801. The van der Waals surface area contributed by atoms with Gasteiger partial charge in [0.15, 0.2) is 0 Å². The van der Waals surface area contributed by atoms with Crippen LogP contribution in [0.4, 0.5) is 5.69 Å². The van der Waals surface area contributed by atoms with Gasteiger partial charge in [-0.25, -0.2) is 0 Å². The van der Waals surface area contributed by atoms with E-state index in [1.807, 2.05) is 19.1 Å². The van der Waals surface area contributed by atoms with Crippen LogP contribution in [0.3, 0.4) is 0 Å². The molecule has 0 aliphatic carbocycles. The fraction of sp³-hybridized carbons (Fsp3) is 0.529. The molecular formula is C17H22N2O2. The lowest BCUT2D eigenvalue weighted by Crippen LogP contribution is -2.40. The molecule has 1 atom stereocenters. The van der Waals surface area contributed by atoms with Gasteiger partial charge in [0.2, 0.25) is 0 Å². The Morgan fingerprint density at radius 3 is 2.81 bits per heavy atom. The van der Waals surface area contributed by atoms with Crippen LogP contribution in [0, 0.1) is 6.92 Å². The van der Waals surface area contributed by atoms with Gasteiger partial charge in [0, 0.05) is 12.6 Å². The maximum Gasteiger partial charge on any atom is 0.299 e. The number of para-hydroxylation sites is 1. The normalized spacial score (nSPS) is 22.8. The van der Waals surface area contributed by atoms with E-state index in [9.17, 15) is 9.59 Å². The molecule has 0 bridgehead atoms. The van der Waals surface area contributed by atoms with Gasteiger partial charge in [0.25, 0.3) is 11.7 Å². The van der Waals surface area contributed by atoms with Crippen LogP contribution in [0.5, 0.6) is 0 Å². The van der Waals surface area contributed by atoms with E-state index in [0.717, 1.165) is 24.2 Å². The Balaban J connectivity index is 1.77. The molecule has 1 fully saturated rings. The number of nitrogens with zero attached hydrogens (tertiary/aromatic N) is 2. The minimum Gasteiger partial charge on any atom is -0.304 e. The van der Waals surface area contributed by atoms with Crippen molar-refractivity contribution in [1.82, 2.24) is 4.90 Å². The first kappa shape index (κ1) is 14.3. The van der Waals surface area contributed by atoms with Gasteiger partial charge in [-0.3, -0.25) is 9.59 Å². The number of amides is 1. The molecular weight excluding hydrogens is 264 g/mol. The van der Waals surface area contributed by atoms with Crippen LogP contribution in [0.1, 0.15) is 41.6 Å². The first-order valence-electron chi connectivity index (χ1n) is 7.75. The molecule has 21 heavy (non-hydrogen) atoms. The summed E-state index contributed by atoms with van der Waals surface area (Å²) in [5, 5.41) is 0. The summed E-state index contributed by atoms with van der Waals surface area (Å²) in [4.78, 5) is 28.4. The number of ketones is 1. The lowest BCUT2D eigenvalue weighted by atomic mass is 10.00. The van der Waals surface area contributed by atoms with Crippen LogP contribution < -0.4 is 4.90 Å². The molecule has 2 aliphatic rings.